The van der Waals surface area contributed by atoms with Crippen molar-refractivity contribution in [3.8, 4) is 0 Å². The zero-order chi connectivity index (χ0) is 16.3. The molecule has 2 heterocycles. The highest BCUT2D eigenvalue weighted by atomic mass is 16.5. The zero-order valence-electron chi connectivity index (χ0n) is 12.3. The average Bonchev–Trinajstić information content (AvgIpc) is 2.88. The van der Waals surface area contributed by atoms with Crippen molar-refractivity contribution in [3.05, 3.63) is 44.6 Å². The van der Waals surface area contributed by atoms with Gasteiger partial charge in [-0.05, 0) is 6.92 Å². The first-order chi connectivity index (χ1) is 10.5. The molecule has 3 N–H and O–H groups in total. The highest BCUT2D eigenvalue weighted by Crippen LogP contribution is 2.10. The van der Waals surface area contributed by atoms with Gasteiger partial charge in [0.15, 0.2) is 5.82 Å². The minimum Gasteiger partial charge on any atom is -0.384 e. The molecule has 0 bridgehead atoms. The Kier molecular flexibility index (Phi) is 4.56. The van der Waals surface area contributed by atoms with Crippen LogP contribution in [0.15, 0.2) is 22.0 Å². The van der Waals surface area contributed by atoms with E-state index in [1.165, 1.54) is 10.8 Å². The predicted molar refractivity (Wildman–Crippen MR) is 78.9 cm³/mol. The second kappa shape index (κ2) is 6.39. The monoisotopic (exact) mass is 307 g/mol. The van der Waals surface area contributed by atoms with E-state index in [1.54, 1.807) is 13.2 Å². The van der Waals surface area contributed by atoms with E-state index in [0.717, 1.165) is 4.57 Å². The summed E-state index contributed by atoms with van der Waals surface area (Å²) in [7, 11) is 1.62. The molecule has 9 heteroatoms. The summed E-state index contributed by atoms with van der Waals surface area (Å²) in [6.45, 7) is 2.67. The maximum atomic E-state index is 12.4. The number of ketones is 1. The largest absolute Gasteiger partial charge is 0.384 e. The lowest BCUT2D eigenvalue weighted by Crippen LogP contribution is -2.37. The normalized spacial score (nSPS) is 10.8. The van der Waals surface area contributed by atoms with Crippen molar-refractivity contribution in [2.24, 2.45) is 7.05 Å². The van der Waals surface area contributed by atoms with Crippen molar-refractivity contribution in [2.45, 2.75) is 13.5 Å². The first-order valence-corrected chi connectivity index (χ1v) is 6.69. The van der Waals surface area contributed by atoms with Gasteiger partial charge in [0.2, 0.25) is 5.78 Å². The van der Waals surface area contributed by atoms with Gasteiger partial charge in [0.1, 0.15) is 11.4 Å². The van der Waals surface area contributed by atoms with Crippen LogP contribution in [0.4, 0.5) is 5.82 Å². The van der Waals surface area contributed by atoms with E-state index < -0.39 is 17.0 Å². The van der Waals surface area contributed by atoms with Gasteiger partial charge in [-0.2, -0.15) is 0 Å². The molecule has 0 atom stereocenters. The molecule has 0 amide bonds. The molecule has 118 valence electrons. The van der Waals surface area contributed by atoms with E-state index in [2.05, 4.69) is 9.97 Å². The lowest BCUT2D eigenvalue weighted by atomic mass is 10.2. The fraction of sp³-hybridized carbons (Fsp3) is 0.385. The molecular formula is C13H17N5O4. The Hall–Kier alpha value is -2.68. The Morgan fingerprint density at radius 1 is 1.45 bits per heavy atom. The maximum Gasteiger partial charge on any atom is 0.330 e. The van der Waals surface area contributed by atoms with Crippen molar-refractivity contribution in [1.82, 2.24) is 19.1 Å². The van der Waals surface area contributed by atoms with Gasteiger partial charge in [-0.1, -0.05) is 0 Å². The van der Waals surface area contributed by atoms with Crippen LogP contribution < -0.4 is 17.0 Å². The van der Waals surface area contributed by atoms with Crippen LogP contribution in [0.1, 0.15) is 23.1 Å². The number of nitrogens with one attached hydrogen (secondary N) is 1. The smallest absolute Gasteiger partial charge is 0.330 e. The second-order valence-corrected chi connectivity index (χ2v) is 4.56. The molecule has 22 heavy (non-hydrogen) atoms. The number of nitrogens with zero attached hydrogens (tertiary/aromatic N) is 3. The number of nitrogens with two attached hydrogens (primary N) is 1. The molecule has 0 aliphatic carbocycles. The molecule has 0 aliphatic rings. The number of hydrogen-bond acceptors (Lipinski definition) is 6. The van der Waals surface area contributed by atoms with Crippen LogP contribution in [0, 0.1) is 0 Å². The number of nitrogen functional groups attached to an aromatic ring is 1. The van der Waals surface area contributed by atoms with Gasteiger partial charge < -0.3 is 15.0 Å². The van der Waals surface area contributed by atoms with E-state index in [1.807, 2.05) is 6.92 Å². The van der Waals surface area contributed by atoms with Crippen molar-refractivity contribution >= 4 is 11.6 Å². The average molecular weight is 307 g/mol. The number of hydrogen-bond donors (Lipinski definition) is 2. The third-order valence-electron chi connectivity index (χ3n) is 3.15. The van der Waals surface area contributed by atoms with E-state index in [4.69, 9.17) is 10.5 Å². The molecule has 2 aromatic heterocycles. The molecule has 2 aromatic rings. The Morgan fingerprint density at radius 3 is 2.77 bits per heavy atom. The minimum absolute atomic E-state index is 0.0622. The van der Waals surface area contributed by atoms with Gasteiger partial charge in [0, 0.05) is 26.0 Å². The van der Waals surface area contributed by atoms with Crippen LogP contribution in [-0.2, 0) is 18.3 Å². The predicted octanol–water partition coefficient (Wildman–Crippen LogP) is -0.880. The quantitative estimate of drug-likeness (QED) is 0.527. The topological polar surface area (TPSA) is 125 Å². The first-order valence-electron chi connectivity index (χ1n) is 6.69. The van der Waals surface area contributed by atoms with E-state index in [9.17, 15) is 14.4 Å². The summed E-state index contributed by atoms with van der Waals surface area (Å²) in [4.78, 5) is 42.2. The number of H-pyrrole nitrogens is 1. The lowest BCUT2D eigenvalue weighted by Gasteiger charge is -2.11. The number of aromatic nitrogens is 4. The minimum atomic E-state index is -0.830. The van der Waals surface area contributed by atoms with Crippen LogP contribution in [0.2, 0.25) is 0 Å². The lowest BCUT2D eigenvalue weighted by molar-refractivity contribution is 0.102. The SMILES string of the molecule is CCOCCn1c(N)c(C(=O)c2nccn2C)c(=O)[nH]c1=O. The van der Waals surface area contributed by atoms with Crippen molar-refractivity contribution < 1.29 is 9.53 Å². The number of aryl methyl sites for hydroxylation is 1. The highest BCUT2D eigenvalue weighted by molar-refractivity contribution is 6.09. The number of ether oxygens (including phenoxy) is 1. The van der Waals surface area contributed by atoms with Gasteiger partial charge in [-0.15, -0.1) is 0 Å². The van der Waals surface area contributed by atoms with Gasteiger partial charge in [0.05, 0.1) is 13.2 Å². The van der Waals surface area contributed by atoms with Crippen LogP contribution in [-0.4, -0.2) is 38.1 Å². The summed E-state index contributed by atoms with van der Waals surface area (Å²) >= 11 is 0. The number of carbonyl (C=O) groups excluding carboxylic acids is 1. The third-order valence-corrected chi connectivity index (χ3v) is 3.15. The van der Waals surface area contributed by atoms with Crippen molar-refractivity contribution in [1.29, 1.82) is 0 Å². The molecular weight excluding hydrogens is 290 g/mol. The summed E-state index contributed by atoms with van der Waals surface area (Å²) in [6, 6.07) is 0. The fourth-order valence-electron chi connectivity index (χ4n) is 2.03. The number of rotatable bonds is 6. The third kappa shape index (κ3) is 2.84. The number of carbonyl (C=O) groups is 1. The Balaban J connectivity index is 2.50. The molecule has 0 fully saturated rings. The Bertz CT molecular complexity index is 801. The summed E-state index contributed by atoms with van der Waals surface area (Å²) in [5.74, 6) is -0.773. The van der Waals surface area contributed by atoms with Gasteiger partial charge in [0.25, 0.3) is 5.56 Å². The second-order valence-electron chi connectivity index (χ2n) is 4.56. The van der Waals surface area contributed by atoms with Gasteiger partial charge in [-0.3, -0.25) is 19.1 Å². The summed E-state index contributed by atoms with van der Waals surface area (Å²) in [5.41, 5.74) is 4.04. The molecule has 0 saturated carbocycles. The van der Waals surface area contributed by atoms with Crippen LogP contribution in [0.3, 0.4) is 0 Å². The molecule has 0 unspecified atom stereocenters. The summed E-state index contributed by atoms with van der Waals surface area (Å²) < 4.78 is 7.73. The molecule has 9 nitrogen and oxygen atoms in total. The maximum absolute atomic E-state index is 12.4. The van der Waals surface area contributed by atoms with Crippen LogP contribution >= 0.6 is 0 Å². The first kappa shape index (κ1) is 15.7. The van der Waals surface area contributed by atoms with Crippen molar-refractivity contribution in [3.63, 3.8) is 0 Å². The van der Waals surface area contributed by atoms with Crippen LogP contribution in [0.25, 0.3) is 0 Å². The van der Waals surface area contributed by atoms with Gasteiger partial charge >= 0.3 is 5.69 Å². The molecule has 0 spiro atoms. The summed E-state index contributed by atoms with van der Waals surface area (Å²) in [5, 5.41) is 0. The number of imidazole rings is 1. The van der Waals surface area contributed by atoms with E-state index in [0.29, 0.717) is 6.61 Å². The number of aromatic amines is 1. The molecule has 0 aromatic carbocycles. The molecule has 0 aliphatic heterocycles. The fourth-order valence-corrected chi connectivity index (χ4v) is 2.03. The summed E-state index contributed by atoms with van der Waals surface area (Å²) in [6.07, 6.45) is 3.01. The Morgan fingerprint density at radius 2 is 2.18 bits per heavy atom. The van der Waals surface area contributed by atoms with E-state index >= 15 is 0 Å². The van der Waals surface area contributed by atoms with Gasteiger partial charge in [-0.25, -0.2) is 9.78 Å². The molecule has 2 rings (SSSR count). The highest BCUT2D eigenvalue weighted by Gasteiger charge is 2.23. The Labute approximate surface area is 125 Å². The standard InChI is InChI=1S/C13H17N5O4/c1-3-22-7-6-18-10(14)8(12(20)16-13(18)21)9(19)11-15-4-5-17(11)2/h4-5H,3,6-7,14H2,1-2H3,(H,16,20,21). The van der Waals surface area contributed by atoms with Crippen molar-refractivity contribution in [2.75, 3.05) is 18.9 Å². The van der Waals surface area contributed by atoms with E-state index in [-0.39, 0.29) is 30.4 Å². The molecule has 0 saturated heterocycles. The molecule has 0 radical (unpaired) electrons. The number of anilines is 1. The zero-order valence-corrected chi connectivity index (χ0v) is 12.3. The van der Waals surface area contributed by atoms with Crippen LogP contribution in [0.5, 0.6) is 0 Å².